The molecule has 0 aromatic heterocycles. The van der Waals surface area contributed by atoms with Crippen LogP contribution in [0.4, 0.5) is 0 Å². The summed E-state index contributed by atoms with van der Waals surface area (Å²) in [6.07, 6.45) is 0.937. The lowest BCUT2D eigenvalue weighted by molar-refractivity contribution is -0.142. The number of carbonyl (C=O) groups excluding carboxylic acids is 2. The van der Waals surface area contributed by atoms with Gasteiger partial charge in [-0.05, 0) is 6.92 Å². The molecule has 84 valence electrons. The highest BCUT2D eigenvalue weighted by molar-refractivity contribution is 5.78. The van der Waals surface area contributed by atoms with Crippen LogP contribution in [-0.4, -0.2) is 37.5 Å². The van der Waals surface area contributed by atoms with Gasteiger partial charge in [0.25, 0.3) is 0 Å². The first-order valence-corrected chi connectivity index (χ1v) is 4.89. The summed E-state index contributed by atoms with van der Waals surface area (Å²) in [6, 6.07) is 0. The van der Waals surface area contributed by atoms with E-state index in [9.17, 15) is 9.59 Å². The molecule has 15 heavy (non-hydrogen) atoms. The third-order valence-electron chi connectivity index (χ3n) is 1.62. The second kappa shape index (κ2) is 7.86. The van der Waals surface area contributed by atoms with Crippen LogP contribution in [-0.2, 0) is 14.3 Å². The standard InChI is InChI=1S/C11H17NO3/c1-4-15-11(14)9-7-5-6-8-10(13)12(2)3/h4,7-9H2,1-3H3. The average Bonchev–Trinajstić information content (AvgIpc) is 2.17. The van der Waals surface area contributed by atoms with E-state index in [2.05, 4.69) is 11.8 Å². The van der Waals surface area contributed by atoms with Crippen LogP contribution in [0.3, 0.4) is 0 Å². The molecule has 0 aromatic carbocycles. The van der Waals surface area contributed by atoms with Gasteiger partial charge >= 0.3 is 5.97 Å². The molecule has 0 spiro atoms. The fraction of sp³-hybridized carbons (Fsp3) is 0.636. The molecule has 4 heteroatoms. The maximum Gasteiger partial charge on any atom is 0.306 e. The van der Waals surface area contributed by atoms with Gasteiger partial charge in [-0.15, -0.1) is 5.92 Å². The Balaban J connectivity index is 3.64. The highest BCUT2D eigenvalue weighted by Crippen LogP contribution is 1.91. The van der Waals surface area contributed by atoms with Crippen molar-refractivity contribution in [3.8, 4) is 11.8 Å². The van der Waals surface area contributed by atoms with Crippen molar-refractivity contribution in [1.29, 1.82) is 0 Å². The molecule has 0 N–H and O–H groups in total. The van der Waals surface area contributed by atoms with Gasteiger partial charge in [-0.1, -0.05) is 5.92 Å². The minimum absolute atomic E-state index is 0.0290. The molecule has 0 fully saturated rings. The Morgan fingerprint density at radius 1 is 1.27 bits per heavy atom. The largest absolute Gasteiger partial charge is 0.466 e. The number of esters is 1. The van der Waals surface area contributed by atoms with Crippen LogP contribution in [0.1, 0.15) is 26.2 Å². The molecule has 0 aliphatic heterocycles. The number of hydrogen-bond donors (Lipinski definition) is 0. The van der Waals surface area contributed by atoms with E-state index in [1.165, 1.54) is 4.90 Å². The number of carbonyl (C=O) groups is 2. The van der Waals surface area contributed by atoms with Gasteiger partial charge in [0.2, 0.25) is 5.91 Å². The van der Waals surface area contributed by atoms with Gasteiger partial charge in [0, 0.05) is 20.5 Å². The van der Waals surface area contributed by atoms with Crippen molar-refractivity contribution in [3.63, 3.8) is 0 Å². The topological polar surface area (TPSA) is 46.6 Å². The summed E-state index contributed by atoms with van der Waals surface area (Å²) in [7, 11) is 3.37. The second-order valence-electron chi connectivity index (χ2n) is 3.12. The van der Waals surface area contributed by atoms with Crippen LogP contribution in [0.15, 0.2) is 0 Å². The first-order valence-electron chi connectivity index (χ1n) is 4.89. The predicted octanol–water partition coefficient (Wildman–Crippen LogP) is 0.811. The molecule has 0 bridgehead atoms. The van der Waals surface area contributed by atoms with Crippen LogP contribution in [0.5, 0.6) is 0 Å². The number of amides is 1. The SMILES string of the molecule is CCOC(=O)CCC#CCC(=O)N(C)C. The van der Waals surface area contributed by atoms with E-state index in [4.69, 9.17) is 4.74 Å². The zero-order valence-electron chi connectivity index (χ0n) is 9.50. The Morgan fingerprint density at radius 2 is 1.93 bits per heavy atom. The Kier molecular flexibility index (Phi) is 7.08. The maximum atomic E-state index is 11.1. The molecule has 0 radical (unpaired) electrons. The summed E-state index contributed by atoms with van der Waals surface area (Å²) in [5, 5.41) is 0. The summed E-state index contributed by atoms with van der Waals surface area (Å²) in [5.41, 5.74) is 0. The van der Waals surface area contributed by atoms with E-state index in [0.29, 0.717) is 13.0 Å². The molecular weight excluding hydrogens is 194 g/mol. The van der Waals surface area contributed by atoms with Gasteiger partial charge < -0.3 is 9.64 Å². The van der Waals surface area contributed by atoms with Gasteiger partial charge in [0.1, 0.15) is 0 Å². The van der Waals surface area contributed by atoms with Gasteiger partial charge in [-0.25, -0.2) is 0 Å². The molecular formula is C11H17NO3. The number of ether oxygens (including phenoxy) is 1. The number of hydrogen-bond acceptors (Lipinski definition) is 3. The smallest absolute Gasteiger partial charge is 0.306 e. The molecule has 0 saturated carbocycles. The van der Waals surface area contributed by atoms with Crippen molar-refractivity contribution in [2.75, 3.05) is 20.7 Å². The van der Waals surface area contributed by atoms with Crippen LogP contribution in [0, 0.1) is 11.8 Å². The summed E-state index contributed by atoms with van der Waals surface area (Å²) >= 11 is 0. The molecule has 0 aromatic rings. The van der Waals surface area contributed by atoms with Gasteiger partial charge in [0.15, 0.2) is 0 Å². The van der Waals surface area contributed by atoms with E-state index < -0.39 is 0 Å². The molecule has 0 rings (SSSR count). The fourth-order valence-electron chi connectivity index (χ4n) is 0.782. The maximum absolute atomic E-state index is 11.1. The van der Waals surface area contributed by atoms with Crippen LogP contribution >= 0.6 is 0 Å². The molecule has 0 unspecified atom stereocenters. The van der Waals surface area contributed by atoms with Crippen molar-refractivity contribution in [3.05, 3.63) is 0 Å². The van der Waals surface area contributed by atoms with Crippen molar-refractivity contribution in [2.24, 2.45) is 0 Å². The monoisotopic (exact) mass is 211 g/mol. The lowest BCUT2D eigenvalue weighted by Crippen LogP contribution is -2.20. The fourth-order valence-corrected chi connectivity index (χ4v) is 0.782. The van der Waals surface area contributed by atoms with E-state index >= 15 is 0 Å². The lowest BCUT2D eigenvalue weighted by Gasteiger charge is -2.05. The molecule has 0 saturated heterocycles. The zero-order valence-corrected chi connectivity index (χ0v) is 9.50. The van der Waals surface area contributed by atoms with E-state index in [-0.39, 0.29) is 24.7 Å². The average molecular weight is 211 g/mol. The van der Waals surface area contributed by atoms with Crippen LogP contribution in [0.2, 0.25) is 0 Å². The summed E-state index contributed by atoms with van der Waals surface area (Å²) in [5.74, 6) is 5.20. The predicted molar refractivity (Wildman–Crippen MR) is 57.0 cm³/mol. The van der Waals surface area contributed by atoms with Crippen LogP contribution < -0.4 is 0 Å². The first kappa shape index (κ1) is 13.5. The molecule has 0 aliphatic carbocycles. The third kappa shape index (κ3) is 7.56. The Hall–Kier alpha value is -1.50. The molecule has 0 atom stereocenters. The van der Waals surface area contributed by atoms with Crippen molar-refractivity contribution in [2.45, 2.75) is 26.2 Å². The minimum atomic E-state index is -0.245. The van der Waals surface area contributed by atoms with Gasteiger partial charge in [0.05, 0.1) is 19.4 Å². The Morgan fingerprint density at radius 3 is 2.47 bits per heavy atom. The minimum Gasteiger partial charge on any atom is -0.466 e. The molecule has 4 nitrogen and oxygen atoms in total. The Labute approximate surface area is 90.6 Å². The first-order chi connectivity index (χ1) is 7.07. The summed E-state index contributed by atoms with van der Waals surface area (Å²) < 4.78 is 4.73. The van der Waals surface area contributed by atoms with Crippen molar-refractivity contribution in [1.82, 2.24) is 4.90 Å². The van der Waals surface area contributed by atoms with Gasteiger partial charge in [-0.3, -0.25) is 9.59 Å². The normalized spacial score (nSPS) is 8.73. The Bertz CT molecular complexity index is 273. The molecule has 1 amide bonds. The number of nitrogens with zero attached hydrogens (tertiary/aromatic N) is 1. The van der Waals surface area contributed by atoms with E-state index in [1.54, 1.807) is 21.0 Å². The van der Waals surface area contributed by atoms with E-state index in [0.717, 1.165) is 0 Å². The van der Waals surface area contributed by atoms with Crippen molar-refractivity contribution < 1.29 is 14.3 Å². The van der Waals surface area contributed by atoms with Crippen molar-refractivity contribution >= 4 is 11.9 Å². The number of rotatable bonds is 4. The molecule has 0 heterocycles. The highest BCUT2D eigenvalue weighted by Gasteiger charge is 2.00. The second-order valence-corrected chi connectivity index (χ2v) is 3.12. The highest BCUT2D eigenvalue weighted by atomic mass is 16.5. The third-order valence-corrected chi connectivity index (χ3v) is 1.62. The quantitative estimate of drug-likeness (QED) is 0.510. The summed E-state index contributed by atoms with van der Waals surface area (Å²) in [4.78, 5) is 23.4. The van der Waals surface area contributed by atoms with Crippen LogP contribution in [0.25, 0.3) is 0 Å². The zero-order chi connectivity index (χ0) is 11.7. The van der Waals surface area contributed by atoms with Gasteiger partial charge in [-0.2, -0.15) is 0 Å². The molecule has 0 aliphatic rings. The van der Waals surface area contributed by atoms with E-state index in [1.807, 2.05) is 0 Å². The summed E-state index contributed by atoms with van der Waals surface area (Å²) in [6.45, 7) is 2.16. The lowest BCUT2D eigenvalue weighted by atomic mass is 10.3.